The lowest BCUT2D eigenvalue weighted by molar-refractivity contribution is 0.493. The second-order valence-electron chi connectivity index (χ2n) is 4.49. The van der Waals surface area contributed by atoms with Gasteiger partial charge in [-0.25, -0.2) is 9.38 Å². The zero-order chi connectivity index (χ0) is 12.8. The van der Waals surface area contributed by atoms with Gasteiger partial charge in [-0.3, -0.25) is 0 Å². The Morgan fingerprint density at radius 3 is 2.83 bits per heavy atom. The SMILES string of the molecule is CCNC(=NCc1cccc(F)c1)N1CCCC1. The molecule has 1 aliphatic rings. The molecule has 0 radical (unpaired) electrons. The number of guanidine groups is 1. The molecule has 1 aromatic rings. The van der Waals surface area contributed by atoms with Gasteiger partial charge in [0.05, 0.1) is 6.54 Å². The van der Waals surface area contributed by atoms with Gasteiger partial charge in [-0.1, -0.05) is 12.1 Å². The monoisotopic (exact) mass is 249 g/mol. The fourth-order valence-electron chi connectivity index (χ4n) is 2.16. The average molecular weight is 249 g/mol. The summed E-state index contributed by atoms with van der Waals surface area (Å²) in [5.74, 6) is 0.744. The number of nitrogens with one attached hydrogen (secondary N) is 1. The largest absolute Gasteiger partial charge is 0.357 e. The molecule has 1 N–H and O–H groups in total. The van der Waals surface area contributed by atoms with Crippen molar-refractivity contribution < 1.29 is 4.39 Å². The van der Waals surface area contributed by atoms with Gasteiger partial charge in [0.15, 0.2) is 5.96 Å². The van der Waals surface area contributed by atoms with E-state index >= 15 is 0 Å². The Bertz CT molecular complexity index is 411. The Balaban J connectivity index is 2.03. The molecule has 4 heteroatoms. The summed E-state index contributed by atoms with van der Waals surface area (Å²) in [4.78, 5) is 6.84. The average Bonchev–Trinajstić information content (AvgIpc) is 2.88. The lowest BCUT2D eigenvalue weighted by atomic mass is 10.2. The van der Waals surface area contributed by atoms with Crippen molar-refractivity contribution in [3.8, 4) is 0 Å². The van der Waals surface area contributed by atoms with E-state index in [4.69, 9.17) is 0 Å². The second-order valence-corrected chi connectivity index (χ2v) is 4.49. The number of nitrogens with zero attached hydrogens (tertiary/aromatic N) is 2. The van der Waals surface area contributed by atoms with Crippen LogP contribution in [0.1, 0.15) is 25.3 Å². The van der Waals surface area contributed by atoms with E-state index in [1.807, 2.05) is 6.07 Å². The molecule has 1 fully saturated rings. The normalized spacial score (nSPS) is 16.1. The Hall–Kier alpha value is -1.58. The van der Waals surface area contributed by atoms with E-state index in [-0.39, 0.29) is 5.82 Å². The lowest BCUT2D eigenvalue weighted by Gasteiger charge is -2.20. The molecule has 3 nitrogen and oxygen atoms in total. The van der Waals surface area contributed by atoms with Crippen molar-refractivity contribution in [3.63, 3.8) is 0 Å². The molecule has 0 atom stereocenters. The molecule has 0 aromatic heterocycles. The van der Waals surface area contributed by atoms with E-state index in [2.05, 4.69) is 22.1 Å². The number of halogens is 1. The maximum absolute atomic E-state index is 13.1. The third-order valence-corrected chi connectivity index (χ3v) is 3.04. The van der Waals surface area contributed by atoms with Gasteiger partial charge < -0.3 is 10.2 Å². The first-order valence-electron chi connectivity index (χ1n) is 6.57. The maximum atomic E-state index is 13.1. The van der Waals surface area contributed by atoms with Crippen molar-refractivity contribution in [1.29, 1.82) is 0 Å². The molecular weight excluding hydrogens is 229 g/mol. The van der Waals surface area contributed by atoms with Crippen LogP contribution in [0.15, 0.2) is 29.3 Å². The Kier molecular flexibility index (Phi) is 4.56. The lowest BCUT2D eigenvalue weighted by Crippen LogP contribution is -2.39. The van der Waals surface area contributed by atoms with Gasteiger partial charge in [0, 0.05) is 19.6 Å². The first-order chi connectivity index (χ1) is 8.79. The topological polar surface area (TPSA) is 27.6 Å². The first-order valence-corrected chi connectivity index (χ1v) is 6.57. The molecule has 18 heavy (non-hydrogen) atoms. The van der Waals surface area contributed by atoms with Crippen molar-refractivity contribution in [2.24, 2.45) is 4.99 Å². The van der Waals surface area contributed by atoms with Crippen LogP contribution in [0.3, 0.4) is 0 Å². The van der Waals surface area contributed by atoms with Crippen molar-refractivity contribution >= 4 is 5.96 Å². The van der Waals surface area contributed by atoms with Crippen molar-refractivity contribution in [2.75, 3.05) is 19.6 Å². The van der Waals surface area contributed by atoms with E-state index < -0.39 is 0 Å². The maximum Gasteiger partial charge on any atom is 0.194 e. The second kappa shape index (κ2) is 6.38. The number of aliphatic imine (C=N–C) groups is 1. The highest BCUT2D eigenvalue weighted by Gasteiger charge is 2.15. The first kappa shape index (κ1) is 12.9. The Morgan fingerprint density at radius 1 is 1.39 bits per heavy atom. The number of hydrogen-bond donors (Lipinski definition) is 1. The van der Waals surface area contributed by atoms with E-state index in [1.165, 1.54) is 25.0 Å². The molecule has 98 valence electrons. The van der Waals surface area contributed by atoms with E-state index in [0.717, 1.165) is 31.2 Å². The van der Waals surface area contributed by atoms with Crippen LogP contribution in [-0.2, 0) is 6.54 Å². The molecule has 0 unspecified atom stereocenters. The van der Waals surface area contributed by atoms with Gasteiger partial charge in [-0.15, -0.1) is 0 Å². The number of hydrogen-bond acceptors (Lipinski definition) is 1. The summed E-state index contributed by atoms with van der Waals surface area (Å²) in [7, 11) is 0. The van der Waals surface area contributed by atoms with Crippen LogP contribution in [-0.4, -0.2) is 30.5 Å². The summed E-state index contributed by atoms with van der Waals surface area (Å²) in [5.41, 5.74) is 0.907. The molecule has 1 aliphatic heterocycles. The standard InChI is InChI=1S/C14H20FN3/c1-2-16-14(18-8-3-4-9-18)17-11-12-6-5-7-13(15)10-12/h5-7,10H,2-4,8-9,11H2,1H3,(H,16,17). The molecule has 0 saturated carbocycles. The van der Waals surface area contributed by atoms with E-state index in [9.17, 15) is 4.39 Å². The van der Waals surface area contributed by atoms with Crippen molar-refractivity contribution in [2.45, 2.75) is 26.3 Å². The summed E-state index contributed by atoms with van der Waals surface area (Å²) in [6, 6.07) is 6.62. The summed E-state index contributed by atoms with van der Waals surface area (Å²) in [5, 5.41) is 3.29. The summed E-state index contributed by atoms with van der Waals surface area (Å²) < 4.78 is 13.1. The fraction of sp³-hybridized carbons (Fsp3) is 0.500. The molecule has 0 spiro atoms. The Morgan fingerprint density at radius 2 is 2.17 bits per heavy atom. The fourth-order valence-corrected chi connectivity index (χ4v) is 2.16. The molecule has 2 rings (SSSR count). The smallest absolute Gasteiger partial charge is 0.194 e. The molecule has 0 aliphatic carbocycles. The highest BCUT2D eigenvalue weighted by Crippen LogP contribution is 2.09. The predicted molar refractivity (Wildman–Crippen MR) is 72.0 cm³/mol. The summed E-state index contributed by atoms with van der Waals surface area (Å²) in [6.07, 6.45) is 2.45. The van der Waals surface area contributed by atoms with Crippen LogP contribution in [0.5, 0.6) is 0 Å². The van der Waals surface area contributed by atoms with Gasteiger partial charge in [0.25, 0.3) is 0 Å². The summed E-state index contributed by atoms with van der Waals surface area (Å²) >= 11 is 0. The minimum absolute atomic E-state index is 0.200. The van der Waals surface area contributed by atoms with Gasteiger partial charge in [-0.05, 0) is 37.5 Å². The zero-order valence-corrected chi connectivity index (χ0v) is 10.8. The van der Waals surface area contributed by atoms with Crippen LogP contribution < -0.4 is 5.32 Å². The third kappa shape index (κ3) is 3.45. The van der Waals surface area contributed by atoms with Gasteiger partial charge in [0.2, 0.25) is 0 Å². The van der Waals surface area contributed by atoms with Crippen LogP contribution in [0.2, 0.25) is 0 Å². The molecule has 1 heterocycles. The van der Waals surface area contributed by atoms with Crippen LogP contribution >= 0.6 is 0 Å². The number of likely N-dealkylation sites (tertiary alicyclic amines) is 1. The molecule has 1 aromatic carbocycles. The number of benzene rings is 1. The van der Waals surface area contributed by atoms with Gasteiger partial charge in [0.1, 0.15) is 5.82 Å². The summed E-state index contributed by atoms with van der Waals surface area (Å²) in [6.45, 7) is 5.58. The zero-order valence-electron chi connectivity index (χ0n) is 10.8. The van der Waals surface area contributed by atoms with Crippen molar-refractivity contribution in [3.05, 3.63) is 35.6 Å². The minimum Gasteiger partial charge on any atom is -0.357 e. The van der Waals surface area contributed by atoms with Crippen LogP contribution in [0.4, 0.5) is 4.39 Å². The quantitative estimate of drug-likeness (QED) is 0.658. The van der Waals surface area contributed by atoms with Gasteiger partial charge >= 0.3 is 0 Å². The molecular formula is C14H20FN3. The van der Waals surface area contributed by atoms with E-state index in [1.54, 1.807) is 6.07 Å². The van der Waals surface area contributed by atoms with Crippen LogP contribution in [0.25, 0.3) is 0 Å². The number of rotatable bonds is 3. The minimum atomic E-state index is -0.200. The highest BCUT2D eigenvalue weighted by molar-refractivity contribution is 5.80. The highest BCUT2D eigenvalue weighted by atomic mass is 19.1. The Labute approximate surface area is 108 Å². The predicted octanol–water partition coefficient (Wildman–Crippen LogP) is 2.39. The van der Waals surface area contributed by atoms with Gasteiger partial charge in [-0.2, -0.15) is 0 Å². The van der Waals surface area contributed by atoms with Crippen LogP contribution in [0, 0.1) is 5.82 Å². The molecule has 1 saturated heterocycles. The third-order valence-electron chi connectivity index (χ3n) is 3.04. The van der Waals surface area contributed by atoms with E-state index in [0.29, 0.717) is 6.54 Å². The molecule has 0 amide bonds. The van der Waals surface area contributed by atoms with Crippen molar-refractivity contribution in [1.82, 2.24) is 10.2 Å². The molecule has 0 bridgehead atoms.